The fourth-order valence-electron chi connectivity index (χ4n) is 11.4. The number of carbonyl (C=O) groups excluding carboxylic acids is 11. The largest absolute Gasteiger partial charge is 0.390 e. The van der Waals surface area contributed by atoms with Gasteiger partial charge in [-0.15, -0.1) is 0 Å². The summed E-state index contributed by atoms with van der Waals surface area (Å²) in [5.41, 5.74) is -1.27. The number of hydrogen-bond donors (Lipinski definition) is 6. The fourth-order valence-corrected chi connectivity index (χ4v) is 11.4. The van der Waals surface area contributed by atoms with Crippen LogP contribution in [-0.2, 0) is 57.5 Å². The van der Waals surface area contributed by atoms with Crippen molar-refractivity contribution in [2.75, 3.05) is 62.5 Å². The van der Waals surface area contributed by atoms with Crippen molar-refractivity contribution >= 4 is 65.0 Å². The molecule has 0 aromatic carbocycles. The molecule has 522 valence electrons. The van der Waals surface area contributed by atoms with E-state index >= 15 is 14.4 Å². The quantitative estimate of drug-likeness (QED) is 0.108. The molecule has 0 aliphatic carbocycles. The van der Waals surface area contributed by atoms with Crippen LogP contribution in [-0.4, -0.2) is 250 Å². The number of rotatable bonds is 18. The van der Waals surface area contributed by atoms with Gasteiger partial charge in [0.2, 0.25) is 65.0 Å². The van der Waals surface area contributed by atoms with Crippen molar-refractivity contribution in [3.05, 3.63) is 12.2 Å². The summed E-state index contributed by atoms with van der Waals surface area (Å²) in [7, 11) is 9.78. The molecule has 1 aliphatic rings. The molecule has 25 heteroatoms. The predicted molar refractivity (Wildman–Crippen MR) is 350 cm³/mol. The molecule has 0 aromatic heterocycles. The maximum absolute atomic E-state index is 15.2. The minimum atomic E-state index is -1.65. The second-order valence-electron chi connectivity index (χ2n) is 28.1. The first-order valence-corrected chi connectivity index (χ1v) is 32.5. The average Bonchev–Trinajstić information content (AvgIpc) is 1.07. The Morgan fingerprint density at radius 2 is 0.934 bits per heavy atom. The molecular formula is C66H119N11O14. The molecule has 0 saturated carbocycles. The Kier molecular flexibility index (Phi) is 33.6. The van der Waals surface area contributed by atoms with Crippen molar-refractivity contribution in [1.82, 2.24) is 55.6 Å². The molecule has 0 spiro atoms. The third-order valence-electron chi connectivity index (χ3n) is 17.2. The van der Waals surface area contributed by atoms with E-state index in [1.807, 2.05) is 41.5 Å². The molecule has 1 heterocycles. The topological polar surface area (TPSA) is 308 Å². The third-order valence-corrected chi connectivity index (χ3v) is 17.2. The zero-order valence-corrected chi connectivity index (χ0v) is 60.0. The summed E-state index contributed by atoms with van der Waals surface area (Å²) in [5.74, 6) is -11.1. The molecule has 0 radical (unpaired) electrons. The van der Waals surface area contributed by atoms with Crippen LogP contribution >= 0.6 is 0 Å². The second kappa shape index (κ2) is 36.9. The maximum atomic E-state index is 15.2. The monoisotopic (exact) mass is 1290 g/mol. The standard InChI is InChI=1S/C66H119N11O14/c1-27-29-30-41(13)54(78)53-58(82)69-46(28-2)61(85)71(20)45(17)60(84)76(25)52(42(14)34-91-35-66(18,19)90)57(81)70-50(39(9)10)64(88)72(21)47(31-36(3)4)56(80)67-43(15)55(79)68-44(16)59(83)73(22)48(32-37(5)6)62(86)74(23)49(33-38(7)8)63(87)75(24)51(40(11)12)65(89)77(53)26/h27,29,36-54,78,90H,28,30-35H2,1-26H3,(H,67,80)(H,68,79)(H,69,82)(H,70,81)/b29-27+/t41-,42-,43+,44-,45-,46+,47+,48+,49+,50+,51+,52+,53?,54-/m1/s1. The van der Waals surface area contributed by atoms with E-state index < -0.39 is 167 Å². The van der Waals surface area contributed by atoms with Gasteiger partial charge in [-0.25, -0.2) is 0 Å². The lowest BCUT2D eigenvalue weighted by Gasteiger charge is -2.41. The van der Waals surface area contributed by atoms with Gasteiger partial charge in [0.25, 0.3) is 0 Å². The van der Waals surface area contributed by atoms with Crippen LogP contribution in [0.25, 0.3) is 0 Å². The Morgan fingerprint density at radius 1 is 0.495 bits per heavy atom. The lowest BCUT2D eigenvalue weighted by atomic mass is 9.91. The molecule has 25 nitrogen and oxygen atoms in total. The zero-order valence-electron chi connectivity index (χ0n) is 60.0. The Hall–Kier alpha value is -6.21. The van der Waals surface area contributed by atoms with Gasteiger partial charge < -0.3 is 70.5 Å². The Morgan fingerprint density at radius 3 is 1.40 bits per heavy atom. The third kappa shape index (κ3) is 23.4. The number of carbonyl (C=O) groups is 11. The lowest BCUT2D eigenvalue weighted by Crippen LogP contribution is -2.64. The van der Waals surface area contributed by atoms with Crippen LogP contribution in [0.2, 0.25) is 0 Å². The number of ether oxygens (including phenoxy) is 1. The van der Waals surface area contributed by atoms with Gasteiger partial charge in [-0.1, -0.05) is 102 Å². The highest BCUT2D eigenvalue weighted by molar-refractivity contribution is 6.00. The average molecular weight is 1290 g/mol. The number of likely N-dealkylation sites (N-methyl/N-ethyl adjacent to an activating group) is 7. The van der Waals surface area contributed by atoms with Crippen LogP contribution in [0.4, 0.5) is 0 Å². The van der Waals surface area contributed by atoms with E-state index in [0.29, 0.717) is 0 Å². The van der Waals surface area contributed by atoms with Crippen molar-refractivity contribution in [2.45, 2.75) is 242 Å². The summed E-state index contributed by atoms with van der Waals surface area (Å²) < 4.78 is 5.86. The van der Waals surface area contributed by atoms with Crippen molar-refractivity contribution < 1.29 is 67.7 Å². The van der Waals surface area contributed by atoms with Crippen LogP contribution in [0.1, 0.15) is 164 Å². The number of allylic oxidation sites excluding steroid dienone is 2. The molecule has 14 atom stereocenters. The minimum absolute atomic E-state index is 0.0238. The fraction of sp³-hybridized carbons (Fsp3) is 0.803. The Balaban J connectivity index is 4.46. The van der Waals surface area contributed by atoms with Crippen LogP contribution < -0.4 is 21.3 Å². The predicted octanol–water partition coefficient (Wildman–Crippen LogP) is 3.03. The first kappa shape index (κ1) is 82.8. The molecule has 1 aliphatic heterocycles. The van der Waals surface area contributed by atoms with Crippen molar-refractivity contribution in [1.29, 1.82) is 0 Å². The van der Waals surface area contributed by atoms with Crippen LogP contribution in [0.3, 0.4) is 0 Å². The van der Waals surface area contributed by atoms with Gasteiger partial charge in [0.1, 0.15) is 66.5 Å². The summed E-state index contributed by atoms with van der Waals surface area (Å²) in [6.07, 6.45) is 2.69. The SMILES string of the molecule is C/C=C/C[C@@H](C)[C@@H](O)C1C(=O)N[C@@H](CC)C(=O)N(C)[C@H](C)C(=O)N(C)[C@@H]([C@H](C)COCC(C)(C)O)C(=O)N[C@@H](C(C)C)C(=O)N(C)[C@@H](CC(C)C)C(=O)N[C@@H](C)C(=O)N[C@H](C)C(=O)N(C)[C@@H](CC(C)C)C(=O)N(C)[C@@H](CC(C)C)C(=O)N(C)[C@@H](C(C)C)C(=O)N1C. The molecule has 0 bridgehead atoms. The van der Waals surface area contributed by atoms with Crippen molar-refractivity contribution in [2.24, 2.45) is 41.4 Å². The van der Waals surface area contributed by atoms with Crippen LogP contribution in [0.15, 0.2) is 12.2 Å². The number of nitrogens with one attached hydrogen (secondary N) is 4. The smallest absolute Gasteiger partial charge is 0.246 e. The molecule has 1 unspecified atom stereocenters. The van der Waals surface area contributed by atoms with E-state index in [1.165, 1.54) is 104 Å². The first-order chi connectivity index (χ1) is 41.8. The maximum Gasteiger partial charge on any atom is 0.246 e. The zero-order chi connectivity index (χ0) is 70.8. The molecule has 1 fully saturated rings. The summed E-state index contributed by atoms with van der Waals surface area (Å²) >= 11 is 0. The number of aliphatic hydroxyl groups is 2. The second-order valence-corrected chi connectivity index (χ2v) is 28.1. The van der Waals surface area contributed by atoms with Crippen molar-refractivity contribution in [3.63, 3.8) is 0 Å². The van der Waals surface area contributed by atoms with Gasteiger partial charge in [0.05, 0.1) is 24.9 Å². The van der Waals surface area contributed by atoms with Gasteiger partial charge in [0, 0.05) is 55.3 Å². The molecule has 6 N–H and O–H groups in total. The molecular weight excluding hydrogens is 1170 g/mol. The number of nitrogens with zero attached hydrogens (tertiary/aromatic N) is 7. The molecule has 91 heavy (non-hydrogen) atoms. The lowest BCUT2D eigenvalue weighted by molar-refractivity contribution is -0.157. The van der Waals surface area contributed by atoms with Gasteiger partial charge in [0.15, 0.2) is 0 Å². The van der Waals surface area contributed by atoms with Crippen molar-refractivity contribution in [3.8, 4) is 0 Å². The normalized spacial score (nSPS) is 27.2. The van der Waals surface area contributed by atoms with E-state index in [1.54, 1.807) is 67.5 Å². The highest BCUT2D eigenvalue weighted by Crippen LogP contribution is 2.26. The number of aliphatic hydroxyl groups excluding tert-OH is 1. The van der Waals surface area contributed by atoms with Gasteiger partial charge >= 0.3 is 0 Å². The van der Waals surface area contributed by atoms with E-state index in [9.17, 15) is 48.6 Å². The highest BCUT2D eigenvalue weighted by atomic mass is 16.5. The summed E-state index contributed by atoms with van der Waals surface area (Å²) in [5, 5.41) is 33.7. The van der Waals surface area contributed by atoms with Gasteiger partial charge in [-0.3, -0.25) is 52.7 Å². The van der Waals surface area contributed by atoms with Gasteiger partial charge in [-0.05, 0) is 109 Å². The molecule has 0 aromatic rings. The number of amides is 11. The Labute approximate surface area is 544 Å². The minimum Gasteiger partial charge on any atom is -0.390 e. The van der Waals surface area contributed by atoms with Crippen LogP contribution in [0, 0.1) is 41.4 Å². The molecule has 11 amide bonds. The van der Waals surface area contributed by atoms with E-state index in [0.717, 1.165) is 14.7 Å². The van der Waals surface area contributed by atoms with E-state index in [4.69, 9.17) is 4.74 Å². The van der Waals surface area contributed by atoms with Gasteiger partial charge in [-0.2, -0.15) is 0 Å². The summed E-state index contributed by atoms with van der Waals surface area (Å²) in [6.45, 7) is 31.8. The number of hydrogen-bond acceptors (Lipinski definition) is 14. The Bertz CT molecular complexity index is 2500. The summed E-state index contributed by atoms with van der Waals surface area (Å²) in [6, 6.07) is -14.3. The molecule has 1 rings (SSSR count). The summed E-state index contributed by atoms with van der Waals surface area (Å²) in [4.78, 5) is 171. The molecule has 1 saturated heterocycles. The van der Waals surface area contributed by atoms with E-state index in [2.05, 4.69) is 21.3 Å². The van der Waals surface area contributed by atoms with E-state index in [-0.39, 0.29) is 63.1 Å². The highest BCUT2D eigenvalue weighted by Gasteiger charge is 2.46. The first-order valence-electron chi connectivity index (χ1n) is 32.5. The van der Waals surface area contributed by atoms with Crippen LogP contribution in [0.5, 0.6) is 0 Å².